The van der Waals surface area contributed by atoms with E-state index in [9.17, 15) is 9.18 Å². The summed E-state index contributed by atoms with van der Waals surface area (Å²) in [5.41, 5.74) is 7.23. The highest BCUT2D eigenvalue weighted by Gasteiger charge is 2.10. The fourth-order valence-corrected chi connectivity index (χ4v) is 3.41. The summed E-state index contributed by atoms with van der Waals surface area (Å²) >= 11 is 0. The van der Waals surface area contributed by atoms with Gasteiger partial charge in [-0.15, -0.1) is 0 Å². The molecule has 12 heteroatoms. The molecule has 0 bridgehead atoms. The Kier molecular flexibility index (Phi) is 12.8. The first-order valence-corrected chi connectivity index (χ1v) is 13.1. The maximum atomic E-state index is 13.5. The van der Waals surface area contributed by atoms with Crippen LogP contribution in [0, 0.1) is 5.82 Å². The highest BCUT2D eigenvalue weighted by Crippen LogP contribution is 2.18. The molecule has 0 radical (unpaired) electrons. The van der Waals surface area contributed by atoms with Gasteiger partial charge in [0.1, 0.15) is 5.82 Å². The molecule has 210 valence electrons. The number of unbranched alkanes of at least 4 members (excludes halogenated alkanes) is 1. The van der Waals surface area contributed by atoms with Crippen LogP contribution in [0.15, 0.2) is 48.5 Å². The molecule has 3 rings (SSSR count). The minimum atomic E-state index is -0.307. The van der Waals surface area contributed by atoms with Crippen molar-refractivity contribution in [3.8, 4) is 0 Å². The van der Waals surface area contributed by atoms with Crippen molar-refractivity contribution in [3.05, 3.63) is 65.5 Å². The van der Waals surface area contributed by atoms with Crippen LogP contribution >= 0.6 is 0 Å². The molecule has 11 nitrogen and oxygen atoms in total. The Morgan fingerprint density at radius 3 is 2.41 bits per heavy atom. The smallest absolute Gasteiger partial charge is 0.251 e. The number of anilines is 4. The molecule has 0 spiro atoms. The number of hydrogen-bond donors (Lipinski definition) is 5. The number of nitrogens with two attached hydrogens (primary N) is 1. The van der Waals surface area contributed by atoms with Gasteiger partial charge in [0.05, 0.1) is 26.4 Å². The van der Waals surface area contributed by atoms with Crippen LogP contribution in [0.3, 0.4) is 0 Å². The van der Waals surface area contributed by atoms with Gasteiger partial charge < -0.3 is 36.5 Å². The van der Waals surface area contributed by atoms with Crippen molar-refractivity contribution in [1.29, 1.82) is 0 Å². The number of carbonyl (C=O) groups is 1. The molecule has 0 atom stereocenters. The molecule has 0 aliphatic rings. The number of halogens is 1. The zero-order chi connectivity index (χ0) is 27.7. The van der Waals surface area contributed by atoms with Crippen LogP contribution in [-0.4, -0.2) is 66.9 Å². The number of rotatable bonds is 18. The molecule has 0 aliphatic carbocycles. The summed E-state index contributed by atoms with van der Waals surface area (Å²) in [6.45, 7) is 5.78. The third-order valence-electron chi connectivity index (χ3n) is 5.34. The van der Waals surface area contributed by atoms with Crippen LogP contribution in [0.4, 0.5) is 27.9 Å². The van der Waals surface area contributed by atoms with Crippen molar-refractivity contribution < 1.29 is 18.7 Å². The van der Waals surface area contributed by atoms with Crippen LogP contribution in [0.1, 0.15) is 35.7 Å². The van der Waals surface area contributed by atoms with Crippen molar-refractivity contribution >= 4 is 29.4 Å². The lowest BCUT2D eigenvalue weighted by Gasteiger charge is -2.12. The van der Waals surface area contributed by atoms with Crippen molar-refractivity contribution in [1.82, 2.24) is 20.3 Å². The number of aromatic nitrogens is 3. The van der Waals surface area contributed by atoms with Gasteiger partial charge in [-0.1, -0.05) is 31.5 Å². The number of hydrogen-bond acceptors (Lipinski definition) is 10. The summed E-state index contributed by atoms with van der Waals surface area (Å²) in [6.07, 6.45) is 1.99. The van der Waals surface area contributed by atoms with Gasteiger partial charge in [-0.05, 0) is 42.3 Å². The topological polar surface area (TPSA) is 148 Å². The Labute approximate surface area is 228 Å². The van der Waals surface area contributed by atoms with Crippen molar-refractivity contribution in [2.75, 3.05) is 62.0 Å². The molecule has 2 aromatic carbocycles. The zero-order valence-electron chi connectivity index (χ0n) is 22.2. The van der Waals surface area contributed by atoms with Gasteiger partial charge in [0, 0.05) is 37.4 Å². The summed E-state index contributed by atoms with van der Waals surface area (Å²) < 4.78 is 24.2. The van der Waals surface area contributed by atoms with Crippen molar-refractivity contribution in [2.24, 2.45) is 5.73 Å². The molecule has 39 heavy (non-hydrogen) atoms. The molecule has 1 heterocycles. The van der Waals surface area contributed by atoms with Gasteiger partial charge in [-0.2, -0.15) is 15.0 Å². The number of nitrogens with zero attached hydrogens (tertiary/aromatic N) is 3. The average Bonchev–Trinajstić information content (AvgIpc) is 2.93. The zero-order valence-corrected chi connectivity index (χ0v) is 22.2. The van der Waals surface area contributed by atoms with Crippen LogP contribution in [0.2, 0.25) is 0 Å². The normalized spacial score (nSPS) is 10.7. The predicted octanol–water partition coefficient (Wildman–Crippen LogP) is 3.30. The maximum absolute atomic E-state index is 13.5. The second kappa shape index (κ2) is 16.9. The molecular formula is C27H37FN8O3. The van der Waals surface area contributed by atoms with Gasteiger partial charge in [-0.3, -0.25) is 4.79 Å². The molecule has 0 unspecified atom stereocenters. The maximum Gasteiger partial charge on any atom is 0.251 e. The number of benzene rings is 2. The van der Waals surface area contributed by atoms with E-state index in [1.165, 1.54) is 12.1 Å². The van der Waals surface area contributed by atoms with Gasteiger partial charge in [0.2, 0.25) is 17.8 Å². The Morgan fingerprint density at radius 2 is 1.64 bits per heavy atom. The number of nitrogens with one attached hydrogen (secondary N) is 4. The SMILES string of the molecule is CCCCNc1nc(NCc2cccc(F)c2)nc(Nc2cccc(C(=O)NCCOCCOCCN)c2)n1. The summed E-state index contributed by atoms with van der Waals surface area (Å²) in [6, 6.07) is 13.3. The second-order valence-corrected chi connectivity index (χ2v) is 8.55. The molecule has 0 aliphatic heterocycles. The Morgan fingerprint density at radius 1 is 0.897 bits per heavy atom. The van der Waals surface area contributed by atoms with Crippen LogP contribution in [0.25, 0.3) is 0 Å². The fraction of sp³-hybridized carbons (Fsp3) is 0.407. The largest absolute Gasteiger partial charge is 0.378 e. The Balaban J connectivity index is 1.60. The van der Waals surface area contributed by atoms with Gasteiger partial charge >= 0.3 is 0 Å². The average molecular weight is 541 g/mol. The first-order valence-electron chi connectivity index (χ1n) is 13.1. The molecule has 0 saturated carbocycles. The number of carbonyl (C=O) groups excluding carboxylic acids is 1. The third kappa shape index (κ3) is 11.2. The fourth-order valence-electron chi connectivity index (χ4n) is 3.41. The van der Waals surface area contributed by atoms with Crippen LogP contribution in [-0.2, 0) is 16.0 Å². The van der Waals surface area contributed by atoms with E-state index in [-0.39, 0.29) is 11.7 Å². The number of amides is 1. The summed E-state index contributed by atoms with van der Waals surface area (Å²) in [5.74, 6) is 0.506. The molecule has 0 fully saturated rings. The number of ether oxygens (including phenoxy) is 2. The second-order valence-electron chi connectivity index (χ2n) is 8.55. The van der Waals surface area contributed by atoms with Gasteiger partial charge in [-0.25, -0.2) is 4.39 Å². The van der Waals surface area contributed by atoms with E-state index in [4.69, 9.17) is 15.2 Å². The Hall–Kier alpha value is -3.87. The molecule has 1 amide bonds. The minimum absolute atomic E-state index is 0.225. The summed E-state index contributed by atoms with van der Waals surface area (Å²) in [4.78, 5) is 25.9. The lowest BCUT2D eigenvalue weighted by atomic mass is 10.2. The van der Waals surface area contributed by atoms with Crippen molar-refractivity contribution in [2.45, 2.75) is 26.3 Å². The van der Waals surface area contributed by atoms with E-state index in [0.717, 1.165) is 18.4 Å². The molecule has 3 aromatic rings. The van der Waals surface area contributed by atoms with E-state index in [1.54, 1.807) is 24.3 Å². The highest BCUT2D eigenvalue weighted by molar-refractivity contribution is 5.95. The monoisotopic (exact) mass is 540 g/mol. The summed E-state index contributed by atoms with van der Waals surface area (Å²) in [5, 5.41) is 12.3. The van der Waals surface area contributed by atoms with E-state index in [2.05, 4.69) is 43.1 Å². The standard InChI is InChI=1S/C27H37FN8O3/c1-2-3-11-31-25-34-26(32-19-20-6-4-8-22(28)17-20)36-27(35-25)33-23-9-5-7-21(18-23)24(37)30-12-14-39-16-15-38-13-10-29/h4-9,17-18H,2-3,10-16,19,29H2,1H3,(H,30,37)(H3,31,32,33,34,35,36). The van der Waals surface area contributed by atoms with E-state index < -0.39 is 0 Å². The predicted molar refractivity (Wildman–Crippen MR) is 150 cm³/mol. The van der Waals surface area contributed by atoms with E-state index in [1.807, 2.05) is 12.1 Å². The lowest BCUT2D eigenvalue weighted by Crippen LogP contribution is -2.27. The first-order chi connectivity index (χ1) is 19.1. The quantitative estimate of drug-likeness (QED) is 0.152. The molecule has 6 N–H and O–H groups in total. The van der Waals surface area contributed by atoms with Crippen molar-refractivity contribution in [3.63, 3.8) is 0 Å². The molecule has 0 saturated heterocycles. The van der Waals surface area contributed by atoms with E-state index in [0.29, 0.717) is 81.7 Å². The Bertz CT molecular complexity index is 1170. The first kappa shape index (κ1) is 29.7. The third-order valence-corrected chi connectivity index (χ3v) is 5.34. The molecule has 1 aromatic heterocycles. The minimum Gasteiger partial charge on any atom is -0.378 e. The van der Waals surface area contributed by atoms with E-state index >= 15 is 0 Å². The molecular weight excluding hydrogens is 503 g/mol. The highest BCUT2D eigenvalue weighted by atomic mass is 19.1. The van der Waals surface area contributed by atoms with Gasteiger partial charge in [0.15, 0.2) is 0 Å². The van der Waals surface area contributed by atoms with Crippen LogP contribution in [0.5, 0.6) is 0 Å². The summed E-state index contributed by atoms with van der Waals surface area (Å²) in [7, 11) is 0. The lowest BCUT2D eigenvalue weighted by molar-refractivity contribution is 0.0511. The van der Waals surface area contributed by atoms with Gasteiger partial charge in [0.25, 0.3) is 5.91 Å². The van der Waals surface area contributed by atoms with Crippen LogP contribution < -0.4 is 27.0 Å².